The van der Waals surface area contributed by atoms with Gasteiger partial charge in [0.1, 0.15) is 11.0 Å². The van der Waals surface area contributed by atoms with Gasteiger partial charge >= 0.3 is 0 Å². The lowest BCUT2D eigenvalue weighted by molar-refractivity contribution is 0.485. The molecule has 0 spiro atoms. The molecule has 1 N–H and O–H groups in total. The highest BCUT2D eigenvalue weighted by Gasteiger charge is 2.41. The molecule has 1 aromatic rings. The Kier molecular flexibility index (Phi) is 4.31. The normalized spacial score (nSPS) is 15.8. The molecular formula is C14H18BrN3O. The Labute approximate surface area is 121 Å². The van der Waals surface area contributed by atoms with Gasteiger partial charge in [0.05, 0.1) is 11.9 Å². The second kappa shape index (κ2) is 5.79. The van der Waals surface area contributed by atoms with Crippen LogP contribution in [0.5, 0.6) is 0 Å². The predicted octanol–water partition coefficient (Wildman–Crippen LogP) is 2.63. The summed E-state index contributed by atoms with van der Waals surface area (Å²) in [6.45, 7) is 3.30. The van der Waals surface area contributed by atoms with Crippen LogP contribution in [0.3, 0.4) is 0 Å². The van der Waals surface area contributed by atoms with Gasteiger partial charge in [0, 0.05) is 6.54 Å². The van der Waals surface area contributed by atoms with Crippen LogP contribution in [0.25, 0.3) is 0 Å². The lowest BCUT2D eigenvalue weighted by Crippen LogP contribution is -2.25. The van der Waals surface area contributed by atoms with Crippen molar-refractivity contribution in [2.45, 2.75) is 39.2 Å². The van der Waals surface area contributed by atoms with E-state index in [0.717, 1.165) is 12.2 Å². The van der Waals surface area contributed by atoms with E-state index in [0.29, 0.717) is 9.89 Å². The summed E-state index contributed by atoms with van der Waals surface area (Å²) in [5, 5.41) is 7.40. The van der Waals surface area contributed by atoms with Crippen LogP contribution in [-0.4, -0.2) is 16.3 Å². The lowest BCUT2D eigenvalue weighted by atomic mass is 10.0. The molecule has 0 aliphatic heterocycles. The Balaban J connectivity index is 2.08. The number of hydrogen-bond acceptors (Lipinski definition) is 3. The fourth-order valence-corrected chi connectivity index (χ4v) is 2.74. The van der Waals surface area contributed by atoms with Crippen molar-refractivity contribution in [2.24, 2.45) is 5.41 Å². The van der Waals surface area contributed by atoms with Crippen LogP contribution in [0.15, 0.2) is 15.5 Å². The Morgan fingerprint density at radius 3 is 2.95 bits per heavy atom. The number of aromatic nitrogens is 2. The Morgan fingerprint density at radius 2 is 2.37 bits per heavy atom. The van der Waals surface area contributed by atoms with Crippen molar-refractivity contribution in [3.8, 4) is 12.3 Å². The van der Waals surface area contributed by atoms with Crippen molar-refractivity contribution in [3.63, 3.8) is 0 Å². The molecule has 102 valence electrons. The van der Waals surface area contributed by atoms with Gasteiger partial charge in [-0.2, -0.15) is 5.10 Å². The van der Waals surface area contributed by atoms with Crippen molar-refractivity contribution >= 4 is 21.6 Å². The fraction of sp³-hybridized carbons (Fsp3) is 0.571. The van der Waals surface area contributed by atoms with Gasteiger partial charge in [0.2, 0.25) is 0 Å². The molecule has 5 heteroatoms. The average Bonchev–Trinajstić information content (AvgIpc) is 3.15. The average molecular weight is 324 g/mol. The van der Waals surface area contributed by atoms with Gasteiger partial charge in [0.15, 0.2) is 0 Å². The minimum absolute atomic E-state index is 0.191. The largest absolute Gasteiger partial charge is 0.382 e. The number of anilines is 1. The van der Waals surface area contributed by atoms with E-state index in [4.69, 9.17) is 6.42 Å². The number of nitrogens with zero attached hydrogens (tertiary/aromatic N) is 2. The number of nitrogens with one attached hydrogen (secondary N) is 1. The van der Waals surface area contributed by atoms with Crippen LogP contribution >= 0.6 is 15.9 Å². The standard InChI is InChI=1S/C14H18BrN3O/c1-3-5-14(6-7-14)10-16-11-9-17-18(8-4-2)13(19)12(11)15/h2,9,16H,3,5-8,10H2,1H3. The van der Waals surface area contributed by atoms with Crippen molar-refractivity contribution in [1.29, 1.82) is 0 Å². The van der Waals surface area contributed by atoms with Crippen LogP contribution < -0.4 is 10.9 Å². The smallest absolute Gasteiger partial charge is 0.284 e. The van der Waals surface area contributed by atoms with Crippen molar-refractivity contribution in [2.75, 3.05) is 11.9 Å². The number of rotatable bonds is 6. The van der Waals surface area contributed by atoms with E-state index in [2.05, 4.69) is 39.2 Å². The molecule has 1 saturated carbocycles. The molecule has 4 nitrogen and oxygen atoms in total. The summed E-state index contributed by atoms with van der Waals surface area (Å²) in [5.41, 5.74) is 0.992. The molecule has 1 heterocycles. The zero-order chi connectivity index (χ0) is 13.9. The zero-order valence-electron chi connectivity index (χ0n) is 11.1. The third-order valence-corrected chi connectivity index (χ3v) is 4.38. The summed E-state index contributed by atoms with van der Waals surface area (Å²) in [6.07, 6.45) is 11.8. The van der Waals surface area contributed by atoms with Gasteiger partial charge < -0.3 is 5.32 Å². The molecule has 1 aliphatic carbocycles. The van der Waals surface area contributed by atoms with Crippen LogP contribution in [-0.2, 0) is 6.54 Å². The van der Waals surface area contributed by atoms with E-state index in [-0.39, 0.29) is 12.1 Å². The SMILES string of the molecule is C#CCn1ncc(NCC2(CCC)CC2)c(Br)c1=O. The molecule has 19 heavy (non-hydrogen) atoms. The third kappa shape index (κ3) is 3.19. The van der Waals surface area contributed by atoms with Crippen molar-refractivity contribution < 1.29 is 0 Å². The summed E-state index contributed by atoms with van der Waals surface area (Å²) in [4.78, 5) is 12.0. The molecule has 1 aliphatic rings. The first-order valence-corrected chi connectivity index (χ1v) is 7.34. The lowest BCUT2D eigenvalue weighted by Gasteiger charge is -2.16. The Hall–Kier alpha value is -1.28. The minimum Gasteiger partial charge on any atom is -0.382 e. The number of terminal acetylenes is 1. The molecule has 0 amide bonds. The van der Waals surface area contributed by atoms with Gasteiger partial charge in [-0.25, -0.2) is 4.68 Å². The second-order valence-corrected chi connectivity index (χ2v) is 5.94. The predicted molar refractivity (Wildman–Crippen MR) is 80.1 cm³/mol. The van der Waals surface area contributed by atoms with E-state index in [1.807, 2.05) is 0 Å². The maximum atomic E-state index is 12.0. The first-order chi connectivity index (χ1) is 9.12. The Morgan fingerprint density at radius 1 is 1.63 bits per heavy atom. The molecule has 1 fully saturated rings. The van der Waals surface area contributed by atoms with E-state index in [1.165, 1.54) is 30.4 Å². The van der Waals surface area contributed by atoms with Gasteiger partial charge in [-0.1, -0.05) is 19.3 Å². The topological polar surface area (TPSA) is 46.9 Å². The minimum atomic E-state index is -0.191. The summed E-state index contributed by atoms with van der Waals surface area (Å²) in [7, 11) is 0. The monoisotopic (exact) mass is 323 g/mol. The van der Waals surface area contributed by atoms with E-state index in [9.17, 15) is 4.79 Å². The fourth-order valence-electron chi connectivity index (χ4n) is 2.29. The summed E-state index contributed by atoms with van der Waals surface area (Å²) in [5.74, 6) is 2.41. The molecule has 0 aromatic carbocycles. The summed E-state index contributed by atoms with van der Waals surface area (Å²) < 4.78 is 1.78. The van der Waals surface area contributed by atoms with E-state index in [1.54, 1.807) is 6.20 Å². The molecule has 0 bridgehead atoms. The molecule has 1 aromatic heterocycles. The molecular weight excluding hydrogens is 306 g/mol. The maximum absolute atomic E-state index is 12.0. The second-order valence-electron chi connectivity index (χ2n) is 5.14. The van der Waals surface area contributed by atoms with Crippen molar-refractivity contribution in [3.05, 3.63) is 21.0 Å². The zero-order valence-corrected chi connectivity index (χ0v) is 12.7. The van der Waals surface area contributed by atoms with Crippen LogP contribution in [0.2, 0.25) is 0 Å². The maximum Gasteiger partial charge on any atom is 0.284 e. The highest BCUT2D eigenvalue weighted by molar-refractivity contribution is 9.10. The first-order valence-electron chi connectivity index (χ1n) is 6.55. The highest BCUT2D eigenvalue weighted by atomic mass is 79.9. The van der Waals surface area contributed by atoms with Gasteiger partial charge in [0.25, 0.3) is 5.56 Å². The first kappa shape index (κ1) is 14.1. The number of hydrogen-bond donors (Lipinski definition) is 1. The molecule has 0 radical (unpaired) electrons. The summed E-state index contributed by atoms with van der Waals surface area (Å²) in [6, 6.07) is 0. The van der Waals surface area contributed by atoms with Crippen LogP contribution in [0.1, 0.15) is 32.6 Å². The van der Waals surface area contributed by atoms with E-state index < -0.39 is 0 Å². The summed E-state index contributed by atoms with van der Waals surface area (Å²) >= 11 is 3.32. The molecule has 2 rings (SSSR count). The molecule has 0 unspecified atom stereocenters. The highest BCUT2D eigenvalue weighted by Crippen LogP contribution is 2.49. The van der Waals surface area contributed by atoms with Gasteiger partial charge in [-0.3, -0.25) is 4.79 Å². The quantitative estimate of drug-likeness (QED) is 0.819. The van der Waals surface area contributed by atoms with Crippen LogP contribution in [0, 0.1) is 17.8 Å². The van der Waals surface area contributed by atoms with Gasteiger partial charge in [-0.15, -0.1) is 6.42 Å². The number of halogens is 1. The molecule has 0 atom stereocenters. The van der Waals surface area contributed by atoms with Crippen LogP contribution in [0.4, 0.5) is 5.69 Å². The Bertz CT molecular complexity index is 555. The molecule has 0 saturated heterocycles. The van der Waals surface area contributed by atoms with Gasteiger partial charge in [-0.05, 0) is 40.6 Å². The third-order valence-electron chi connectivity index (χ3n) is 3.62. The van der Waals surface area contributed by atoms with Crippen molar-refractivity contribution in [1.82, 2.24) is 9.78 Å². The van der Waals surface area contributed by atoms with E-state index >= 15 is 0 Å².